The number of carboxylic acids is 1. The SMILES string of the molecule is CC(=O)O.Cl.[Cu]. The van der Waals surface area contributed by atoms with Crippen molar-refractivity contribution >= 4 is 18.4 Å². The van der Waals surface area contributed by atoms with Crippen molar-refractivity contribution in [3.8, 4) is 0 Å². The van der Waals surface area contributed by atoms with E-state index in [0.717, 1.165) is 6.92 Å². The predicted octanol–water partition coefficient (Wildman–Crippen LogP) is 0.510. The van der Waals surface area contributed by atoms with Crippen molar-refractivity contribution < 1.29 is 27.0 Å². The maximum atomic E-state index is 9.00. The van der Waals surface area contributed by atoms with Crippen LogP contribution in [0.1, 0.15) is 6.92 Å². The Kier molecular flexibility index (Phi) is 24.4. The van der Waals surface area contributed by atoms with Gasteiger partial charge in [-0.15, -0.1) is 12.4 Å². The first-order chi connectivity index (χ1) is 1.73. The van der Waals surface area contributed by atoms with Gasteiger partial charge in [0.1, 0.15) is 0 Å². The average molecular weight is 160 g/mol. The third-order valence-corrected chi connectivity index (χ3v) is 0. The van der Waals surface area contributed by atoms with Crippen LogP contribution in [0.25, 0.3) is 0 Å². The monoisotopic (exact) mass is 159 g/mol. The Hall–Kier alpha value is 0.279. The molecule has 0 aromatic rings. The Balaban J connectivity index is -0.0000000450. The van der Waals surface area contributed by atoms with Crippen molar-refractivity contribution in [2.24, 2.45) is 0 Å². The molecule has 1 radical (unpaired) electrons. The fourth-order valence-electron chi connectivity index (χ4n) is 0. The summed E-state index contributed by atoms with van der Waals surface area (Å²) in [5.74, 6) is -0.833. The van der Waals surface area contributed by atoms with Gasteiger partial charge in [0.25, 0.3) is 5.97 Å². The molecule has 4 heteroatoms. The maximum Gasteiger partial charge on any atom is 0.300 e. The molecule has 0 aliphatic carbocycles. The Morgan fingerprint density at radius 1 is 1.67 bits per heavy atom. The second kappa shape index (κ2) is 8.99. The summed E-state index contributed by atoms with van der Waals surface area (Å²) in [7, 11) is 0. The fraction of sp³-hybridized carbons (Fsp3) is 0.500. The minimum Gasteiger partial charge on any atom is -0.481 e. The Labute approximate surface area is 52.8 Å². The summed E-state index contributed by atoms with van der Waals surface area (Å²) in [4.78, 5) is 9.00. The molecule has 0 aliphatic heterocycles. The van der Waals surface area contributed by atoms with E-state index in [1.54, 1.807) is 0 Å². The van der Waals surface area contributed by atoms with E-state index in [1.165, 1.54) is 0 Å². The zero-order valence-electron chi connectivity index (χ0n) is 3.07. The molecule has 0 aromatic heterocycles. The van der Waals surface area contributed by atoms with Crippen LogP contribution in [0.3, 0.4) is 0 Å². The van der Waals surface area contributed by atoms with Crippen LogP contribution in [0.4, 0.5) is 0 Å². The smallest absolute Gasteiger partial charge is 0.300 e. The van der Waals surface area contributed by atoms with E-state index in [2.05, 4.69) is 0 Å². The molecule has 1 N–H and O–H groups in total. The largest absolute Gasteiger partial charge is 0.481 e. The number of hydrogen-bond acceptors (Lipinski definition) is 1. The van der Waals surface area contributed by atoms with E-state index in [9.17, 15) is 0 Å². The molecule has 0 amide bonds. The average Bonchev–Trinajstić information content (AvgIpc) is 0.811. The van der Waals surface area contributed by atoms with Crippen LogP contribution in [0.15, 0.2) is 0 Å². The molecule has 0 bridgehead atoms. The molecule has 0 heterocycles. The number of hydrogen-bond donors (Lipinski definition) is 1. The van der Waals surface area contributed by atoms with Crippen LogP contribution in [0.2, 0.25) is 0 Å². The van der Waals surface area contributed by atoms with Crippen LogP contribution < -0.4 is 0 Å². The number of aliphatic carboxylic acids is 1. The Morgan fingerprint density at radius 2 is 1.67 bits per heavy atom. The zero-order chi connectivity index (χ0) is 3.58. The third-order valence-electron chi connectivity index (χ3n) is 0. The van der Waals surface area contributed by atoms with E-state index in [1.807, 2.05) is 0 Å². The second-order valence-corrected chi connectivity index (χ2v) is 0.519. The van der Waals surface area contributed by atoms with Crippen LogP contribution in [-0.4, -0.2) is 11.1 Å². The molecule has 0 aliphatic rings. The van der Waals surface area contributed by atoms with Crippen LogP contribution in [-0.2, 0) is 21.9 Å². The molecule has 0 fully saturated rings. The normalized spacial score (nSPS) is 4.17. The summed E-state index contributed by atoms with van der Waals surface area (Å²) in [5, 5.41) is 7.42. The van der Waals surface area contributed by atoms with Crippen molar-refractivity contribution in [3.63, 3.8) is 0 Å². The Morgan fingerprint density at radius 3 is 1.67 bits per heavy atom. The summed E-state index contributed by atoms with van der Waals surface area (Å²) in [6, 6.07) is 0. The molecule has 0 rings (SSSR count). The molecule has 0 aromatic carbocycles. The predicted molar refractivity (Wildman–Crippen MR) is 20.6 cm³/mol. The van der Waals surface area contributed by atoms with Gasteiger partial charge in [-0.3, -0.25) is 4.79 Å². The van der Waals surface area contributed by atoms with E-state index < -0.39 is 5.97 Å². The molecule has 0 spiro atoms. The molecule has 43 valence electrons. The molecule has 6 heavy (non-hydrogen) atoms. The first kappa shape index (κ1) is 16.3. The summed E-state index contributed by atoms with van der Waals surface area (Å²) in [6.07, 6.45) is 0. The van der Waals surface area contributed by atoms with Crippen LogP contribution in [0, 0.1) is 0 Å². The Bertz CT molecular complexity index is 34.5. The van der Waals surface area contributed by atoms with Crippen molar-refractivity contribution in [3.05, 3.63) is 0 Å². The zero-order valence-corrected chi connectivity index (χ0v) is 4.82. The molecular formula is C2H5ClCuO2. The maximum absolute atomic E-state index is 9.00. The quantitative estimate of drug-likeness (QED) is 0.524. The second-order valence-electron chi connectivity index (χ2n) is 0.519. The minimum absolute atomic E-state index is 0. The van der Waals surface area contributed by atoms with Gasteiger partial charge in [0.05, 0.1) is 0 Å². The standard InChI is InChI=1S/C2H4O2.ClH.Cu/c1-2(3)4;;/h1H3,(H,3,4);1H;. The number of carboxylic acid groups (broad SMARTS) is 1. The topological polar surface area (TPSA) is 37.3 Å². The van der Waals surface area contributed by atoms with Crippen LogP contribution in [0.5, 0.6) is 0 Å². The summed E-state index contributed by atoms with van der Waals surface area (Å²) in [6.45, 7) is 1.08. The van der Waals surface area contributed by atoms with Gasteiger partial charge in [-0.25, -0.2) is 0 Å². The van der Waals surface area contributed by atoms with Gasteiger partial charge in [-0.1, -0.05) is 0 Å². The molecule has 0 atom stereocenters. The number of rotatable bonds is 0. The number of carbonyl (C=O) groups is 1. The van der Waals surface area contributed by atoms with Crippen molar-refractivity contribution in [2.45, 2.75) is 6.92 Å². The van der Waals surface area contributed by atoms with E-state index in [-0.39, 0.29) is 29.5 Å². The van der Waals surface area contributed by atoms with E-state index >= 15 is 0 Å². The van der Waals surface area contributed by atoms with Crippen LogP contribution >= 0.6 is 12.4 Å². The van der Waals surface area contributed by atoms with Gasteiger partial charge < -0.3 is 5.11 Å². The van der Waals surface area contributed by atoms with Gasteiger partial charge in [0.15, 0.2) is 0 Å². The van der Waals surface area contributed by atoms with E-state index in [0.29, 0.717) is 0 Å². The fourth-order valence-corrected chi connectivity index (χ4v) is 0. The first-order valence-corrected chi connectivity index (χ1v) is 0.928. The molecular weight excluding hydrogens is 155 g/mol. The first-order valence-electron chi connectivity index (χ1n) is 0.928. The van der Waals surface area contributed by atoms with Crippen molar-refractivity contribution in [1.29, 1.82) is 0 Å². The summed E-state index contributed by atoms with van der Waals surface area (Å²) in [5.41, 5.74) is 0. The van der Waals surface area contributed by atoms with Gasteiger partial charge in [-0.05, 0) is 0 Å². The minimum atomic E-state index is -0.833. The molecule has 0 saturated carbocycles. The molecule has 2 nitrogen and oxygen atoms in total. The summed E-state index contributed by atoms with van der Waals surface area (Å²) < 4.78 is 0. The van der Waals surface area contributed by atoms with Gasteiger partial charge in [0, 0.05) is 24.0 Å². The van der Waals surface area contributed by atoms with Crippen molar-refractivity contribution in [1.82, 2.24) is 0 Å². The van der Waals surface area contributed by atoms with E-state index in [4.69, 9.17) is 9.90 Å². The van der Waals surface area contributed by atoms with Crippen molar-refractivity contribution in [2.75, 3.05) is 0 Å². The third kappa shape index (κ3) is 589. The molecule has 0 saturated heterocycles. The van der Waals surface area contributed by atoms with Gasteiger partial charge >= 0.3 is 0 Å². The summed E-state index contributed by atoms with van der Waals surface area (Å²) >= 11 is 0. The van der Waals surface area contributed by atoms with Gasteiger partial charge in [0.2, 0.25) is 0 Å². The molecule has 0 unspecified atom stereocenters. The van der Waals surface area contributed by atoms with Gasteiger partial charge in [-0.2, -0.15) is 0 Å². The number of halogens is 1.